The molecule has 0 amide bonds. The highest BCUT2D eigenvalue weighted by Gasteiger charge is 2.29. The molecule has 0 spiro atoms. The summed E-state index contributed by atoms with van der Waals surface area (Å²) in [6.45, 7) is 0. The molecule has 3 aromatic carbocycles. The van der Waals surface area contributed by atoms with Gasteiger partial charge in [-0.1, -0.05) is 74.4 Å². The molecule has 0 aliphatic heterocycles. The number of anilines is 1. The van der Waals surface area contributed by atoms with E-state index in [4.69, 9.17) is 5.26 Å². The van der Waals surface area contributed by atoms with Gasteiger partial charge in [0.1, 0.15) is 0 Å². The molecule has 0 aromatic heterocycles. The Kier molecular flexibility index (Phi) is 5.10. The number of nitriles is 1. The van der Waals surface area contributed by atoms with E-state index in [1.54, 1.807) is 0 Å². The zero-order valence-corrected chi connectivity index (χ0v) is 19.2. The summed E-state index contributed by atoms with van der Waals surface area (Å²) in [7, 11) is 0. The van der Waals surface area contributed by atoms with Gasteiger partial charge in [-0.2, -0.15) is 5.26 Å². The van der Waals surface area contributed by atoms with E-state index in [0.717, 1.165) is 21.1 Å². The first-order valence-electron chi connectivity index (χ1n) is 9.86. The van der Waals surface area contributed by atoms with Crippen LogP contribution in [-0.2, 0) is 6.42 Å². The van der Waals surface area contributed by atoms with Crippen molar-refractivity contribution in [2.45, 2.75) is 18.4 Å². The van der Waals surface area contributed by atoms with Gasteiger partial charge in [0.25, 0.3) is 0 Å². The van der Waals surface area contributed by atoms with Crippen molar-refractivity contribution in [3.63, 3.8) is 0 Å². The van der Waals surface area contributed by atoms with E-state index in [0.29, 0.717) is 5.56 Å². The Hall–Kier alpha value is -2.61. The molecule has 2 aliphatic carbocycles. The molecule has 2 aliphatic rings. The molecule has 4 heteroatoms. The fourth-order valence-corrected chi connectivity index (χ4v) is 5.23. The van der Waals surface area contributed by atoms with E-state index in [2.05, 4.69) is 97.9 Å². The van der Waals surface area contributed by atoms with Crippen LogP contribution in [0.5, 0.6) is 0 Å². The number of hydrogen-bond acceptors (Lipinski definition) is 2. The number of rotatable bonds is 3. The predicted molar refractivity (Wildman–Crippen MR) is 130 cm³/mol. The fourth-order valence-electron chi connectivity index (χ4n) is 4.43. The van der Waals surface area contributed by atoms with Gasteiger partial charge in [-0.05, 0) is 70.6 Å². The van der Waals surface area contributed by atoms with Crippen molar-refractivity contribution in [1.29, 1.82) is 5.26 Å². The molecule has 0 heterocycles. The summed E-state index contributed by atoms with van der Waals surface area (Å²) >= 11 is 7.26. The normalized spacial score (nSPS) is 18.9. The van der Waals surface area contributed by atoms with Gasteiger partial charge in [0, 0.05) is 20.6 Å². The molecule has 5 rings (SSSR count). The third kappa shape index (κ3) is 3.53. The van der Waals surface area contributed by atoms with Crippen LogP contribution in [0.2, 0.25) is 0 Å². The summed E-state index contributed by atoms with van der Waals surface area (Å²) in [5.74, 6) is 0.258. The van der Waals surface area contributed by atoms with Crippen molar-refractivity contribution < 1.29 is 0 Å². The number of halogens is 2. The standard InChI is InChI=1S/C26H18Br2N2/c27-19-8-6-17(12-19)22-2-1-3-23-24-14-20(28)9-7-18(24)13-25(26(22)23)30-21-10-4-16(15-29)5-11-21/h1-12,14,17,25,30H,13H2. The summed E-state index contributed by atoms with van der Waals surface area (Å²) in [4.78, 5) is 0. The molecule has 0 fully saturated rings. The van der Waals surface area contributed by atoms with Crippen molar-refractivity contribution in [1.82, 2.24) is 0 Å². The van der Waals surface area contributed by atoms with Crippen LogP contribution in [0, 0.1) is 11.3 Å². The summed E-state index contributed by atoms with van der Waals surface area (Å²) in [5.41, 5.74) is 8.30. The SMILES string of the molecule is N#Cc1ccc(NC2Cc3ccc(Br)cc3-c3cccc(C4C=CC(Br)=C4)c32)cc1. The van der Waals surface area contributed by atoms with E-state index in [1.807, 2.05) is 24.3 Å². The van der Waals surface area contributed by atoms with Crippen molar-refractivity contribution in [3.05, 3.63) is 110 Å². The van der Waals surface area contributed by atoms with E-state index in [-0.39, 0.29) is 12.0 Å². The lowest BCUT2D eigenvalue weighted by Crippen LogP contribution is -2.21. The van der Waals surface area contributed by atoms with Gasteiger partial charge in [0.2, 0.25) is 0 Å². The zero-order chi connectivity index (χ0) is 20.7. The van der Waals surface area contributed by atoms with Crippen LogP contribution in [-0.4, -0.2) is 0 Å². The smallest absolute Gasteiger partial charge is 0.0991 e. The van der Waals surface area contributed by atoms with E-state index in [9.17, 15) is 0 Å². The zero-order valence-electron chi connectivity index (χ0n) is 16.1. The number of nitrogens with zero attached hydrogens (tertiary/aromatic N) is 1. The Balaban J connectivity index is 1.64. The van der Waals surface area contributed by atoms with Gasteiger partial charge >= 0.3 is 0 Å². The van der Waals surface area contributed by atoms with Crippen molar-refractivity contribution in [3.8, 4) is 17.2 Å². The molecule has 146 valence electrons. The minimum absolute atomic E-state index is 0.152. The molecule has 2 nitrogen and oxygen atoms in total. The van der Waals surface area contributed by atoms with Crippen molar-refractivity contribution in [2.75, 3.05) is 5.32 Å². The summed E-state index contributed by atoms with van der Waals surface area (Å²) in [5, 5.41) is 12.8. The second-order valence-corrected chi connectivity index (χ2v) is 9.47. The second kappa shape index (κ2) is 7.91. The number of allylic oxidation sites excluding steroid dienone is 4. The molecular formula is C26H18Br2N2. The highest BCUT2D eigenvalue weighted by molar-refractivity contribution is 9.12. The lowest BCUT2D eigenvalue weighted by molar-refractivity contribution is 0.751. The van der Waals surface area contributed by atoms with Crippen LogP contribution in [0.15, 0.2) is 87.8 Å². The molecule has 30 heavy (non-hydrogen) atoms. The molecule has 0 saturated carbocycles. The molecule has 3 aromatic rings. The quantitative estimate of drug-likeness (QED) is 0.387. The Bertz CT molecular complexity index is 1230. The first kappa shape index (κ1) is 19.4. The third-order valence-electron chi connectivity index (χ3n) is 5.79. The van der Waals surface area contributed by atoms with Crippen LogP contribution in [0.1, 0.15) is 34.2 Å². The monoisotopic (exact) mass is 516 g/mol. The summed E-state index contributed by atoms with van der Waals surface area (Å²) < 4.78 is 2.22. The molecular weight excluding hydrogens is 500 g/mol. The highest BCUT2D eigenvalue weighted by atomic mass is 79.9. The molecule has 2 unspecified atom stereocenters. The van der Waals surface area contributed by atoms with Gasteiger partial charge in [-0.25, -0.2) is 0 Å². The third-order valence-corrected chi connectivity index (χ3v) is 6.81. The largest absolute Gasteiger partial charge is 0.378 e. The van der Waals surface area contributed by atoms with Gasteiger partial charge in [-0.3, -0.25) is 0 Å². The first-order valence-corrected chi connectivity index (χ1v) is 11.4. The minimum Gasteiger partial charge on any atom is -0.378 e. The second-order valence-electron chi connectivity index (χ2n) is 7.64. The van der Waals surface area contributed by atoms with Crippen LogP contribution in [0.4, 0.5) is 5.69 Å². The lowest BCUT2D eigenvalue weighted by atomic mass is 9.78. The number of hydrogen-bond donors (Lipinski definition) is 1. The maximum absolute atomic E-state index is 9.10. The van der Waals surface area contributed by atoms with Gasteiger partial charge in [0.15, 0.2) is 0 Å². The minimum atomic E-state index is 0.152. The fraction of sp³-hybridized carbons (Fsp3) is 0.115. The number of fused-ring (bicyclic) bond motifs is 3. The Labute approximate surface area is 193 Å². The highest BCUT2D eigenvalue weighted by Crippen LogP contribution is 2.45. The average Bonchev–Trinajstić information content (AvgIpc) is 3.20. The predicted octanol–water partition coefficient (Wildman–Crippen LogP) is 7.63. The Morgan fingerprint density at radius 2 is 1.80 bits per heavy atom. The Morgan fingerprint density at radius 3 is 2.53 bits per heavy atom. The molecule has 1 N–H and O–H groups in total. The molecule has 2 atom stereocenters. The maximum atomic E-state index is 9.10. The summed E-state index contributed by atoms with van der Waals surface area (Å²) in [6, 6.07) is 23.2. The van der Waals surface area contributed by atoms with E-state index < -0.39 is 0 Å². The molecule has 0 saturated heterocycles. The maximum Gasteiger partial charge on any atom is 0.0991 e. The molecule has 0 bridgehead atoms. The first-order chi connectivity index (χ1) is 14.6. The summed E-state index contributed by atoms with van der Waals surface area (Å²) in [6.07, 6.45) is 7.54. The van der Waals surface area contributed by atoms with Crippen molar-refractivity contribution in [2.24, 2.45) is 0 Å². The van der Waals surface area contributed by atoms with Crippen LogP contribution >= 0.6 is 31.9 Å². The lowest BCUT2D eigenvalue weighted by Gasteiger charge is -2.32. The van der Waals surface area contributed by atoms with Crippen LogP contribution < -0.4 is 5.32 Å². The Morgan fingerprint density at radius 1 is 0.967 bits per heavy atom. The van der Waals surface area contributed by atoms with E-state index >= 15 is 0 Å². The van der Waals surface area contributed by atoms with Crippen LogP contribution in [0.25, 0.3) is 11.1 Å². The average molecular weight is 518 g/mol. The van der Waals surface area contributed by atoms with Gasteiger partial charge < -0.3 is 5.32 Å². The topological polar surface area (TPSA) is 35.8 Å². The van der Waals surface area contributed by atoms with Gasteiger partial charge in [0.05, 0.1) is 17.7 Å². The number of benzene rings is 3. The van der Waals surface area contributed by atoms with Crippen molar-refractivity contribution >= 4 is 37.5 Å². The van der Waals surface area contributed by atoms with E-state index in [1.165, 1.54) is 27.8 Å². The molecule has 0 radical (unpaired) electrons. The number of nitrogens with one attached hydrogen (secondary N) is 1. The van der Waals surface area contributed by atoms with Gasteiger partial charge in [-0.15, -0.1) is 0 Å². The van der Waals surface area contributed by atoms with Crippen LogP contribution in [0.3, 0.4) is 0 Å².